The molecule has 0 spiro atoms. The number of rotatable bonds is 7. The first-order valence-corrected chi connectivity index (χ1v) is 7.29. The molecule has 4 heteroatoms. The molecule has 0 fully saturated rings. The maximum atomic E-state index is 5.33. The number of hydrogen-bond donors (Lipinski definition) is 1. The van der Waals surface area contributed by atoms with Gasteiger partial charge < -0.3 is 9.73 Å². The lowest BCUT2D eigenvalue weighted by molar-refractivity contribution is 0.452. The average Bonchev–Trinajstić information content (AvgIpc) is 3.05. The Hall–Kier alpha value is -1.13. The van der Waals surface area contributed by atoms with E-state index < -0.39 is 0 Å². The zero-order valence-electron chi connectivity index (χ0n) is 10.9. The minimum atomic E-state index is 0.482. The highest BCUT2D eigenvalue weighted by Crippen LogP contribution is 2.16. The predicted molar refractivity (Wildman–Crippen MR) is 75.0 cm³/mol. The molecular weight excluding hydrogens is 244 g/mol. The topological polar surface area (TPSA) is 38.1 Å². The molecule has 2 aromatic rings. The monoisotopic (exact) mass is 264 g/mol. The first-order chi connectivity index (χ1) is 8.75. The van der Waals surface area contributed by atoms with E-state index in [9.17, 15) is 0 Å². The third-order valence-electron chi connectivity index (χ3n) is 3.05. The van der Waals surface area contributed by atoms with Gasteiger partial charge >= 0.3 is 0 Å². The molecule has 2 rings (SSSR count). The maximum Gasteiger partial charge on any atom is 0.103 e. The largest absolute Gasteiger partial charge is 0.469 e. The van der Waals surface area contributed by atoms with Gasteiger partial charge in [-0.05, 0) is 25.5 Å². The van der Waals surface area contributed by atoms with Gasteiger partial charge in [-0.3, -0.25) is 0 Å². The van der Waals surface area contributed by atoms with Crippen molar-refractivity contribution in [3.05, 3.63) is 40.7 Å². The molecular formula is C14H20N2OS. The van der Waals surface area contributed by atoms with Gasteiger partial charge in [-0.15, -0.1) is 11.3 Å². The summed E-state index contributed by atoms with van der Waals surface area (Å²) in [4.78, 5) is 4.34. The summed E-state index contributed by atoms with van der Waals surface area (Å²) in [5.74, 6) is 1.55. The number of furan rings is 1. The number of thiazole rings is 1. The van der Waals surface area contributed by atoms with Crippen LogP contribution in [0.25, 0.3) is 0 Å². The minimum absolute atomic E-state index is 0.482. The van der Waals surface area contributed by atoms with E-state index in [1.165, 1.54) is 5.01 Å². The van der Waals surface area contributed by atoms with E-state index in [2.05, 4.69) is 24.1 Å². The summed E-state index contributed by atoms with van der Waals surface area (Å²) in [7, 11) is 0. The molecule has 0 aliphatic carbocycles. The van der Waals surface area contributed by atoms with E-state index in [0.29, 0.717) is 12.0 Å². The molecule has 0 saturated carbocycles. The van der Waals surface area contributed by atoms with E-state index in [1.54, 1.807) is 17.6 Å². The van der Waals surface area contributed by atoms with Gasteiger partial charge in [0, 0.05) is 36.5 Å². The van der Waals surface area contributed by atoms with E-state index >= 15 is 0 Å². The molecule has 98 valence electrons. The van der Waals surface area contributed by atoms with Crippen molar-refractivity contribution in [2.24, 2.45) is 0 Å². The number of nitrogens with zero attached hydrogens (tertiary/aromatic N) is 1. The third kappa shape index (κ3) is 3.96. The maximum absolute atomic E-state index is 5.33. The Balaban J connectivity index is 1.67. The van der Waals surface area contributed by atoms with Crippen molar-refractivity contribution in [1.29, 1.82) is 0 Å². The van der Waals surface area contributed by atoms with Gasteiger partial charge in [0.2, 0.25) is 0 Å². The Bertz CT molecular complexity index is 425. The molecule has 0 aliphatic heterocycles. The Morgan fingerprint density at radius 1 is 1.44 bits per heavy atom. The highest BCUT2D eigenvalue weighted by Gasteiger charge is 2.10. The van der Waals surface area contributed by atoms with Crippen LogP contribution < -0.4 is 5.32 Å². The van der Waals surface area contributed by atoms with Gasteiger partial charge in [0.15, 0.2) is 0 Å². The Morgan fingerprint density at radius 3 is 3.00 bits per heavy atom. The van der Waals surface area contributed by atoms with Gasteiger partial charge in [-0.1, -0.05) is 6.92 Å². The molecule has 3 nitrogen and oxygen atoms in total. The van der Waals surface area contributed by atoms with Crippen LogP contribution in [-0.4, -0.2) is 17.6 Å². The fourth-order valence-electron chi connectivity index (χ4n) is 1.86. The number of aryl methyl sites for hydroxylation is 1. The molecule has 2 aromatic heterocycles. The summed E-state index contributed by atoms with van der Waals surface area (Å²) in [6.45, 7) is 5.41. The molecule has 2 heterocycles. The van der Waals surface area contributed by atoms with E-state index in [0.717, 1.165) is 25.1 Å². The standard InChI is InChI=1S/C14H20N2OS/c1-11(14-15-7-9-18-14)10-16-12(2)5-6-13-4-3-8-17-13/h3-4,7-9,11-12,16H,5-6,10H2,1-2H3. The first-order valence-electron chi connectivity index (χ1n) is 6.41. The second kappa shape index (κ2) is 6.71. The molecule has 0 saturated heterocycles. The van der Waals surface area contributed by atoms with Crippen LogP contribution in [0, 0.1) is 0 Å². The van der Waals surface area contributed by atoms with E-state index in [4.69, 9.17) is 4.42 Å². The van der Waals surface area contributed by atoms with Crippen molar-refractivity contribution in [2.75, 3.05) is 6.54 Å². The number of nitrogens with one attached hydrogen (secondary N) is 1. The van der Waals surface area contributed by atoms with Crippen LogP contribution in [0.2, 0.25) is 0 Å². The summed E-state index contributed by atoms with van der Waals surface area (Å²) in [6.07, 6.45) is 5.69. The Morgan fingerprint density at radius 2 is 2.33 bits per heavy atom. The van der Waals surface area contributed by atoms with Gasteiger partial charge in [-0.25, -0.2) is 4.98 Å². The molecule has 0 amide bonds. The number of hydrogen-bond acceptors (Lipinski definition) is 4. The summed E-state index contributed by atoms with van der Waals surface area (Å²) in [6, 6.07) is 4.47. The second-order valence-electron chi connectivity index (χ2n) is 4.70. The number of aromatic nitrogens is 1. The first kappa shape index (κ1) is 13.3. The Labute approximate surface area is 112 Å². The SMILES string of the molecule is CC(CCc1ccco1)NCC(C)c1nccs1. The predicted octanol–water partition coefficient (Wildman–Crippen LogP) is 3.45. The summed E-state index contributed by atoms with van der Waals surface area (Å²) >= 11 is 1.73. The highest BCUT2D eigenvalue weighted by molar-refractivity contribution is 7.09. The van der Waals surface area contributed by atoms with E-state index in [-0.39, 0.29) is 0 Å². The quantitative estimate of drug-likeness (QED) is 0.832. The van der Waals surface area contributed by atoms with Crippen LogP contribution in [0.15, 0.2) is 34.4 Å². The fraction of sp³-hybridized carbons (Fsp3) is 0.500. The smallest absolute Gasteiger partial charge is 0.103 e. The van der Waals surface area contributed by atoms with Crippen molar-refractivity contribution in [3.63, 3.8) is 0 Å². The molecule has 0 aromatic carbocycles. The van der Waals surface area contributed by atoms with Crippen molar-refractivity contribution >= 4 is 11.3 Å². The summed E-state index contributed by atoms with van der Waals surface area (Å²) in [5, 5.41) is 6.80. The molecule has 0 aliphatic rings. The van der Waals surface area contributed by atoms with Gasteiger partial charge in [0.05, 0.1) is 11.3 Å². The molecule has 2 atom stereocenters. The normalized spacial score (nSPS) is 14.6. The minimum Gasteiger partial charge on any atom is -0.469 e. The van der Waals surface area contributed by atoms with Crippen LogP contribution in [0.4, 0.5) is 0 Å². The zero-order valence-corrected chi connectivity index (χ0v) is 11.7. The molecule has 2 unspecified atom stereocenters. The van der Waals surface area contributed by atoms with Crippen molar-refractivity contribution in [3.8, 4) is 0 Å². The fourth-order valence-corrected chi connectivity index (χ4v) is 2.56. The molecule has 1 N–H and O–H groups in total. The molecule has 18 heavy (non-hydrogen) atoms. The third-order valence-corrected chi connectivity index (χ3v) is 4.06. The molecule has 0 bridgehead atoms. The lowest BCUT2D eigenvalue weighted by Crippen LogP contribution is -2.30. The van der Waals surface area contributed by atoms with Gasteiger partial charge in [-0.2, -0.15) is 0 Å². The Kier molecular flexibility index (Phi) is 4.96. The highest BCUT2D eigenvalue weighted by atomic mass is 32.1. The van der Waals surface area contributed by atoms with Crippen molar-refractivity contribution in [1.82, 2.24) is 10.3 Å². The summed E-state index contributed by atoms with van der Waals surface area (Å²) < 4.78 is 5.33. The van der Waals surface area contributed by atoms with Crippen molar-refractivity contribution < 1.29 is 4.42 Å². The zero-order chi connectivity index (χ0) is 12.8. The summed E-state index contributed by atoms with van der Waals surface area (Å²) in [5.41, 5.74) is 0. The van der Waals surface area contributed by atoms with Crippen LogP contribution in [0.3, 0.4) is 0 Å². The van der Waals surface area contributed by atoms with Crippen LogP contribution >= 0.6 is 11.3 Å². The molecule has 0 radical (unpaired) electrons. The van der Waals surface area contributed by atoms with Crippen molar-refractivity contribution in [2.45, 2.75) is 38.6 Å². The average molecular weight is 264 g/mol. The van der Waals surface area contributed by atoms with Crippen LogP contribution in [0.5, 0.6) is 0 Å². The second-order valence-corrected chi connectivity index (χ2v) is 5.62. The van der Waals surface area contributed by atoms with Crippen LogP contribution in [0.1, 0.15) is 37.0 Å². The van der Waals surface area contributed by atoms with Gasteiger partial charge in [0.1, 0.15) is 5.76 Å². The lowest BCUT2D eigenvalue weighted by Gasteiger charge is -2.16. The van der Waals surface area contributed by atoms with Crippen LogP contribution in [-0.2, 0) is 6.42 Å². The van der Waals surface area contributed by atoms with Gasteiger partial charge in [0.25, 0.3) is 0 Å². The van der Waals surface area contributed by atoms with E-state index in [1.807, 2.05) is 23.7 Å². The lowest BCUT2D eigenvalue weighted by atomic mass is 10.1.